The van der Waals surface area contributed by atoms with E-state index in [1.807, 2.05) is 66.1 Å². The molecule has 1 amide bonds. The highest BCUT2D eigenvalue weighted by Crippen LogP contribution is 2.33. The topological polar surface area (TPSA) is 61.7 Å². The molecule has 0 spiro atoms. The minimum Gasteiger partial charge on any atom is -0.489 e. The Labute approximate surface area is 175 Å². The van der Waals surface area contributed by atoms with Gasteiger partial charge in [0.15, 0.2) is 11.5 Å². The van der Waals surface area contributed by atoms with Crippen LogP contribution in [0.2, 0.25) is 0 Å². The summed E-state index contributed by atoms with van der Waals surface area (Å²) in [7, 11) is 0. The molecule has 0 saturated carbocycles. The predicted octanol–water partition coefficient (Wildman–Crippen LogP) is 4.44. The molecule has 30 heavy (non-hydrogen) atoms. The van der Waals surface area contributed by atoms with Crippen molar-refractivity contribution in [3.8, 4) is 17.2 Å². The molecule has 1 N–H and O–H groups in total. The maximum Gasteiger partial charge on any atom is 0.268 e. The van der Waals surface area contributed by atoms with Crippen LogP contribution >= 0.6 is 0 Å². The van der Waals surface area contributed by atoms with E-state index in [1.165, 1.54) is 0 Å². The fourth-order valence-electron chi connectivity index (χ4n) is 3.45. The largest absolute Gasteiger partial charge is 0.489 e. The van der Waals surface area contributed by atoms with Crippen LogP contribution in [0.15, 0.2) is 67.3 Å². The molecule has 1 aromatic heterocycles. The fraction of sp³-hybridized carbons (Fsp3) is 0.208. The van der Waals surface area contributed by atoms with Crippen molar-refractivity contribution in [2.75, 3.05) is 13.4 Å². The van der Waals surface area contributed by atoms with Gasteiger partial charge in [0.25, 0.3) is 5.91 Å². The molecule has 1 aliphatic rings. The monoisotopic (exact) mass is 404 g/mol. The smallest absolute Gasteiger partial charge is 0.268 e. The number of aromatic nitrogens is 1. The average molecular weight is 404 g/mol. The highest BCUT2D eigenvalue weighted by atomic mass is 16.7. The van der Waals surface area contributed by atoms with Gasteiger partial charge in [-0.2, -0.15) is 0 Å². The van der Waals surface area contributed by atoms with Crippen molar-refractivity contribution in [2.45, 2.75) is 20.0 Å². The van der Waals surface area contributed by atoms with Gasteiger partial charge in [-0.25, -0.2) is 0 Å². The number of carbonyl (C=O) groups is 1. The lowest BCUT2D eigenvalue weighted by Crippen LogP contribution is -2.25. The van der Waals surface area contributed by atoms with Crippen molar-refractivity contribution in [2.24, 2.45) is 0 Å². The fourth-order valence-corrected chi connectivity index (χ4v) is 3.45. The molecular weight excluding hydrogens is 380 g/mol. The Balaban J connectivity index is 1.60. The molecule has 0 aliphatic carbocycles. The first-order chi connectivity index (χ1) is 14.7. The van der Waals surface area contributed by atoms with Gasteiger partial charge in [-0.15, -0.1) is 0 Å². The summed E-state index contributed by atoms with van der Waals surface area (Å²) in [4.78, 5) is 13.1. The third-order valence-corrected chi connectivity index (χ3v) is 4.91. The molecule has 154 valence electrons. The first-order valence-corrected chi connectivity index (χ1v) is 9.85. The minimum absolute atomic E-state index is 0.150. The molecule has 1 aliphatic heterocycles. The van der Waals surface area contributed by atoms with Crippen LogP contribution in [-0.4, -0.2) is 23.9 Å². The van der Waals surface area contributed by atoms with Gasteiger partial charge in [0, 0.05) is 18.5 Å². The van der Waals surface area contributed by atoms with Crippen molar-refractivity contribution in [3.63, 3.8) is 0 Å². The predicted molar refractivity (Wildman–Crippen MR) is 116 cm³/mol. The number of benzene rings is 2. The molecular formula is C24H24N2O4. The Morgan fingerprint density at radius 1 is 1.23 bits per heavy atom. The van der Waals surface area contributed by atoms with Crippen LogP contribution < -0.4 is 19.5 Å². The van der Waals surface area contributed by atoms with Gasteiger partial charge in [-0.1, -0.05) is 36.9 Å². The summed E-state index contributed by atoms with van der Waals surface area (Å²) in [6.45, 7) is 7.28. The summed E-state index contributed by atoms with van der Waals surface area (Å²) >= 11 is 0. The van der Waals surface area contributed by atoms with Crippen LogP contribution in [0.3, 0.4) is 0 Å². The van der Waals surface area contributed by atoms with Crippen LogP contribution in [-0.2, 0) is 13.1 Å². The molecule has 4 rings (SSSR count). The number of nitrogens with zero attached hydrogens (tertiary/aromatic N) is 1. The standard InChI is InChI=1S/C24H24N2O4/c1-3-5-11-26-19-7-6-8-21(28-12-4-2)18(19)14-20(26)24(27)25-15-17-9-10-22-23(13-17)30-16-29-22/h3-10,13-14H,2,11-12,15-16H2,1H3,(H,25,27)/b5-3-. The Bertz CT molecular complexity index is 1110. The van der Waals surface area contributed by atoms with Crippen LogP contribution in [0.1, 0.15) is 23.0 Å². The van der Waals surface area contributed by atoms with E-state index in [4.69, 9.17) is 14.2 Å². The van der Waals surface area contributed by atoms with E-state index in [1.54, 1.807) is 6.08 Å². The van der Waals surface area contributed by atoms with E-state index >= 15 is 0 Å². The van der Waals surface area contributed by atoms with Crippen LogP contribution in [0, 0.1) is 0 Å². The first kappa shape index (κ1) is 19.6. The number of fused-ring (bicyclic) bond motifs is 2. The molecule has 0 saturated heterocycles. The molecule has 0 fully saturated rings. The van der Waals surface area contributed by atoms with Crippen LogP contribution in [0.5, 0.6) is 17.2 Å². The summed E-state index contributed by atoms with van der Waals surface area (Å²) in [5, 5.41) is 3.91. The molecule has 2 aromatic carbocycles. The number of carbonyl (C=O) groups excluding carboxylic acids is 1. The number of hydrogen-bond acceptors (Lipinski definition) is 4. The number of allylic oxidation sites excluding steroid dienone is 2. The van der Waals surface area contributed by atoms with E-state index in [-0.39, 0.29) is 12.7 Å². The number of rotatable bonds is 8. The van der Waals surface area contributed by atoms with Crippen LogP contribution in [0.25, 0.3) is 10.9 Å². The second-order valence-electron chi connectivity index (χ2n) is 6.87. The lowest BCUT2D eigenvalue weighted by atomic mass is 10.2. The Morgan fingerprint density at radius 2 is 2.10 bits per heavy atom. The first-order valence-electron chi connectivity index (χ1n) is 9.85. The molecule has 6 nitrogen and oxygen atoms in total. The Hall–Kier alpha value is -3.67. The summed E-state index contributed by atoms with van der Waals surface area (Å²) < 4.78 is 18.5. The van der Waals surface area contributed by atoms with Gasteiger partial charge in [0.1, 0.15) is 18.1 Å². The molecule has 3 aromatic rings. The number of ether oxygens (including phenoxy) is 3. The molecule has 0 unspecified atom stereocenters. The second-order valence-corrected chi connectivity index (χ2v) is 6.87. The van der Waals surface area contributed by atoms with Gasteiger partial charge in [-0.05, 0) is 42.8 Å². The third kappa shape index (κ3) is 3.89. The van der Waals surface area contributed by atoms with Crippen molar-refractivity contribution in [1.82, 2.24) is 9.88 Å². The zero-order valence-corrected chi connectivity index (χ0v) is 16.9. The van der Waals surface area contributed by atoms with E-state index in [2.05, 4.69) is 11.9 Å². The van der Waals surface area contributed by atoms with E-state index in [9.17, 15) is 4.79 Å². The Kier molecular flexibility index (Phi) is 5.75. The zero-order valence-electron chi connectivity index (χ0n) is 16.9. The lowest BCUT2D eigenvalue weighted by molar-refractivity contribution is 0.0942. The van der Waals surface area contributed by atoms with Crippen molar-refractivity contribution in [1.29, 1.82) is 0 Å². The highest BCUT2D eigenvalue weighted by molar-refractivity contribution is 6.00. The second kappa shape index (κ2) is 8.78. The van der Waals surface area contributed by atoms with Gasteiger partial charge < -0.3 is 24.1 Å². The normalized spacial score (nSPS) is 12.4. The van der Waals surface area contributed by atoms with Gasteiger partial charge >= 0.3 is 0 Å². The molecule has 0 bridgehead atoms. The van der Waals surface area contributed by atoms with E-state index in [0.717, 1.165) is 28.0 Å². The SMILES string of the molecule is C=CCOc1cccc2c1cc(C(=O)NCc1ccc3c(c1)OCO3)n2C/C=C\C. The summed E-state index contributed by atoms with van der Waals surface area (Å²) in [5.41, 5.74) is 2.47. The Morgan fingerprint density at radius 3 is 2.93 bits per heavy atom. The number of hydrogen-bond donors (Lipinski definition) is 1. The molecule has 0 atom stereocenters. The maximum absolute atomic E-state index is 13.1. The molecule has 6 heteroatoms. The van der Waals surface area contributed by atoms with Crippen LogP contribution in [0.4, 0.5) is 0 Å². The highest BCUT2D eigenvalue weighted by Gasteiger charge is 2.18. The number of nitrogens with one attached hydrogen (secondary N) is 1. The summed E-state index contributed by atoms with van der Waals surface area (Å²) in [5.74, 6) is 2.01. The molecule has 2 heterocycles. The van der Waals surface area contributed by atoms with Crippen molar-refractivity contribution < 1.29 is 19.0 Å². The minimum atomic E-state index is -0.150. The third-order valence-electron chi connectivity index (χ3n) is 4.91. The van der Waals surface area contributed by atoms with Crippen molar-refractivity contribution in [3.05, 3.63) is 78.5 Å². The number of amides is 1. The maximum atomic E-state index is 13.1. The quantitative estimate of drug-likeness (QED) is 0.564. The van der Waals surface area contributed by atoms with Crippen molar-refractivity contribution >= 4 is 16.8 Å². The van der Waals surface area contributed by atoms with E-state index in [0.29, 0.717) is 31.1 Å². The molecule has 0 radical (unpaired) electrons. The van der Waals surface area contributed by atoms with E-state index < -0.39 is 0 Å². The van der Waals surface area contributed by atoms with Gasteiger partial charge in [0.2, 0.25) is 6.79 Å². The summed E-state index contributed by atoms with van der Waals surface area (Å²) in [6.07, 6.45) is 5.69. The lowest BCUT2D eigenvalue weighted by Gasteiger charge is -2.10. The zero-order chi connectivity index (χ0) is 20.9. The summed E-state index contributed by atoms with van der Waals surface area (Å²) in [6, 6.07) is 13.4. The van der Waals surface area contributed by atoms with Gasteiger partial charge in [-0.3, -0.25) is 4.79 Å². The van der Waals surface area contributed by atoms with Gasteiger partial charge in [0.05, 0.1) is 5.52 Å². The average Bonchev–Trinajstić information content (AvgIpc) is 3.38.